The molecule has 0 aliphatic heterocycles. The Bertz CT molecular complexity index is 1020. The monoisotopic (exact) mass is 285 g/mol. The Morgan fingerprint density at radius 1 is 0.722 bits per heavy atom. The van der Waals surface area contributed by atoms with Crippen molar-refractivity contribution in [2.24, 2.45) is 0 Å². The highest BCUT2D eigenvalue weighted by Gasteiger charge is 2.15. The fourth-order valence-corrected chi connectivity index (χ4v) is 5.51. The number of aromatic amines is 1. The molecule has 0 radical (unpaired) electrons. The maximum absolute atomic E-state index is 3.60. The van der Waals surface area contributed by atoms with Crippen molar-refractivity contribution in [3.8, 4) is 0 Å². The Morgan fingerprint density at radius 3 is 2.39 bits per heavy atom. The van der Waals surface area contributed by atoms with Crippen LogP contribution < -0.4 is 0 Å². The fourth-order valence-electron chi connectivity index (χ4n) is 2.75. The summed E-state index contributed by atoms with van der Waals surface area (Å²) in [6.45, 7) is 0. The van der Waals surface area contributed by atoms with Crippen LogP contribution in [0.4, 0.5) is 0 Å². The predicted octanol–water partition coefficient (Wildman–Crippen LogP) is 5.81. The van der Waals surface area contributed by atoms with Crippen molar-refractivity contribution < 1.29 is 0 Å². The molecule has 0 aliphatic carbocycles. The summed E-state index contributed by atoms with van der Waals surface area (Å²) in [6, 6.07) is 6.72. The van der Waals surface area contributed by atoms with Gasteiger partial charge in [0.15, 0.2) is 0 Å². The van der Waals surface area contributed by atoms with E-state index in [0.717, 1.165) is 0 Å². The van der Waals surface area contributed by atoms with Gasteiger partial charge in [-0.3, -0.25) is 0 Å². The first-order chi connectivity index (χ1) is 8.93. The summed E-state index contributed by atoms with van der Waals surface area (Å²) >= 11 is 5.48. The first-order valence-electron chi connectivity index (χ1n) is 5.69. The first-order valence-corrected chi connectivity index (χ1v) is 8.32. The molecule has 0 fully saturated rings. The zero-order valence-electron chi connectivity index (χ0n) is 9.19. The molecule has 4 heteroatoms. The number of benzene rings is 1. The van der Waals surface area contributed by atoms with Crippen LogP contribution in [0.2, 0.25) is 0 Å². The summed E-state index contributed by atoms with van der Waals surface area (Å²) in [7, 11) is 0. The SMILES string of the molecule is c1cc2c([nH]c3c4ccsc4c4ccsc4c23)s1. The second kappa shape index (κ2) is 3.15. The van der Waals surface area contributed by atoms with Gasteiger partial charge in [-0.2, -0.15) is 0 Å². The molecule has 5 rings (SSSR count). The Kier molecular flexibility index (Phi) is 1.67. The normalized spacial score (nSPS) is 12.4. The number of nitrogens with one attached hydrogen (secondary N) is 1. The lowest BCUT2D eigenvalue weighted by atomic mass is 10.1. The van der Waals surface area contributed by atoms with E-state index < -0.39 is 0 Å². The number of fused-ring (bicyclic) bond motifs is 8. The molecule has 0 spiro atoms. The van der Waals surface area contributed by atoms with E-state index in [0.29, 0.717) is 0 Å². The van der Waals surface area contributed by atoms with Gasteiger partial charge in [0.25, 0.3) is 0 Å². The topological polar surface area (TPSA) is 15.8 Å². The maximum atomic E-state index is 3.60. The van der Waals surface area contributed by atoms with Crippen LogP contribution in [0.15, 0.2) is 34.3 Å². The molecule has 5 aromatic rings. The standard InChI is InChI=1S/C14H7NS3/c1-6-18-14-7(1)10-11(15-14)8-2-4-16-12(8)9-3-5-17-13(9)10/h1-6,15H. The largest absolute Gasteiger partial charge is 0.346 e. The van der Waals surface area contributed by atoms with Crippen LogP contribution >= 0.6 is 34.0 Å². The minimum atomic E-state index is 1.29. The number of H-pyrrole nitrogens is 1. The van der Waals surface area contributed by atoms with Crippen molar-refractivity contribution in [3.63, 3.8) is 0 Å². The molecule has 0 aliphatic rings. The molecule has 4 aromatic heterocycles. The Balaban J connectivity index is 2.32. The lowest BCUT2D eigenvalue weighted by molar-refractivity contribution is 1.62. The molecule has 0 atom stereocenters. The van der Waals surface area contributed by atoms with Gasteiger partial charge >= 0.3 is 0 Å². The number of thiophene rings is 3. The molecular formula is C14H7NS3. The van der Waals surface area contributed by atoms with E-state index in [1.54, 1.807) is 11.3 Å². The number of hydrogen-bond donors (Lipinski definition) is 1. The van der Waals surface area contributed by atoms with Crippen LogP contribution in [-0.2, 0) is 0 Å². The van der Waals surface area contributed by atoms with Crippen molar-refractivity contribution in [1.82, 2.24) is 4.98 Å². The van der Waals surface area contributed by atoms with E-state index in [1.807, 2.05) is 22.7 Å². The van der Waals surface area contributed by atoms with Gasteiger partial charge in [-0.15, -0.1) is 34.0 Å². The molecule has 0 saturated heterocycles. The van der Waals surface area contributed by atoms with E-state index in [4.69, 9.17) is 0 Å². The highest BCUT2D eigenvalue weighted by Crippen LogP contribution is 2.43. The summed E-state index contributed by atoms with van der Waals surface area (Å²) in [6.07, 6.45) is 0. The third-order valence-corrected chi connectivity index (χ3v) is 6.20. The van der Waals surface area contributed by atoms with Gasteiger partial charge in [-0.1, -0.05) is 0 Å². The smallest absolute Gasteiger partial charge is 0.101 e. The molecule has 86 valence electrons. The van der Waals surface area contributed by atoms with E-state index in [9.17, 15) is 0 Å². The van der Waals surface area contributed by atoms with Gasteiger partial charge in [0.2, 0.25) is 0 Å². The summed E-state index contributed by atoms with van der Waals surface area (Å²) in [5.41, 5.74) is 1.31. The van der Waals surface area contributed by atoms with Gasteiger partial charge in [-0.25, -0.2) is 0 Å². The van der Waals surface area contributed by atoms with Crippen LogP contribution in [0.25, 0.3) is 41.3 Å². The molecule has 0 bridgehead atoms. The van der Waals surface area contributed by atoms with Crippen molar-refractivity contribution in [2.45, 2.75) is 0 Å². The molecule has 1 N–H and O–H groups in total. The summed E-state index contributed by atoms with van der Waals surface area (Å²) in [5.74, 6) is 0. The molecule has 1 nitrogen and oxygen atoms in total. The van der Waals surface area contributed by atoms with Crippen LogP contribution in [-0.4, -0.2) is 4.98 Å². The average Bonchev–Trinajstić information content (AvgIpc) is 3.10. The second-order valence-corrected chi connectivity index (χ2v) is 7.11. The quantitative estimate of drug-likeness (QED) is 0.369. The van der Waals surface area contributed by atoms with Gasteiger partial charge in [0.05, 0.1) is 5.52 Å². The van der Waals surface area contributed by atoms with Crippen LogP contribution in [0.5, 0.6) is 0 Å². The minimum Gasteiger partial charge on any atom is -0.346 e. The highest BCUT2D eigenvalue weighted by molar-refractivity contribution is 7.22. The summed E-state index contributed by atoms with van der Waals surface area (Å²) in [5, 5.41) is 12.1. The van der Waals surface area contributed by atoms with Crippen LogP contribution in [0.1, 0.15) is 0 Å². The third kappa shape index (κ3) is 0.983. The molecule has 4 heterocycles. The number of hydrogen-bond acceptors (Lipinski definition) is 3. The Morgan fingerprint density at radius 2 is 1.44 bits per heavy atom. The van der Waals surface area contributed by atoms with Gasteiger partial charge < -0.3 is 4.98 Å². The van der Waals surface area contributed by atoms with Crippen molar-refractivity contribution in [2.75, 3.05) is 0 Å². The summed E-state index contributed by atoms with van der Waals surface area (Å²) in [4.78, 5) is 4.89. The zero-order chi connectivity index (χ0) is 11.7. The highest BCUT2D eigenvalue weighted by atomic mass is 32.1. The second-order valence-electron chi connectivity index (χ2n) is 4.37. The molecule has 0 amide bonds. The molecule has 18 heavy (non-hydrogen) atoms. The fraction of sp³-hybridized carbons (Fsp3) is 0. The Labute approximate surface area is 114 Å². The molecule has 0 saturated carbocycles. The van der Waals surface area contributed by atoms with E-state index in [-0.39, 0.29) is 0 Å². The van der Waals surface area contributed by atoms with E-state index >= 15 is 0 Å². The lowest BCUT2D eigenvalue weighted by Gasteiger charge is -1.97. The average molecular weight is 285 g/mol. The van der Waals surface area contributed by atoms with Gasteiger partial charge in [0, 0.05) is 30.9 Å². The van der Waals surface area contributed by atoms with Crippen molar-refractivity contribution in [3.05, 3.63) is 34.3 Å². The van der Waals surface area contributed by atoms with Crippen LogP contribution in [0.3, 0.4) is 0 Å². The van der Waals surface area contributed by atoms with Gasteiger partial charge in [0.1, 0.15) is 4.83 Å². The van der Waals surface area contributed by atoms with Crippen molar-refractivity contribution in [1.29, 1.82) is 0 Å². The summed E-state index contributed by atoms with van der Waals surface area (Å²) < 4.78 is 2.83. The lowest BCUT2D eigenvalue weighted by Crippen LogP contribution is -1.71. The first kappa shape index (κ1) is 9.55. The zero-order valence-corrected chi connectivity index (χ0v) is 11.6. The molecular weight excluding hydrogens is 278 g/mol. The predicted molar refractivity (Wildman–Crippen MR) is 84.4 cm³/mol. The van der Waals surface area contributed by atoms with E-state index in [2.05, 4.69) is 39.3 Å². The molecule has 0 unspecified atom stereocenters. The minimum absolute atomic E-state index is 1.29. The van der Waals surface area contributed by atoms with Crippen molar-refractivity contribution >= 4 is 75.3 Å². The van der Waals surface area contributed by atoms with Crippen LogP contribution in [0, 0.1) is 0 Å². The van der Waals surface area contributed by atoms with E-state index in [1.165, 1.54) is 41.3 Å². The van der Waals surface area contributed by atoms with Gasteiger partial charge in [-0.05, 0) is 34.3 Å². The maximum Gasteiger partial charge on any atom is 0.101 e. The third-order valence-electron chi connectivity index (χ3n) is 3.49. The molecule has 1 aromatic carbocycles. The Hall–Kier alpha value is -1.36. The number of rotatable bonds is 0. The number of aromatic nitrogens is 1.